The molecule has 2 unspecified atom stereocenters. The summed E-state index contributed by atoms with van der Waals surface area (Å²) in [7, 11) is 1.62. The maximum Gasteiger partial charge on any atom is 0.277 e. The van der Waals surface area contributed by atoms with Gasteiger partial charge in [0.1, 0.15) is 5.65 Å². The first kappa shape index (κ1) is 18.7. The number of hydrogen-bond acceptors (Lipinski definition) is 7. The molecule has 2 atom stereocenters. The number of nitrogens with one attached hydrogen (secondary N) is 1. The highest BCUT2D eigenvalue weighted by Gasteiger charge is 2.36. The van der Waals surface area contributed by atoms with Gasteiger partial charge in [0.2, 0.25) is 5.95 Å². The number of benzene rings is 1. The zero-order valence-electron chi connectivity index (χ0n) is 16.6. The Morgan fingerprint density at radius 1 is 1.17 bits per heavy atom. The van der Waals surface area contributed by atoms with Crippen LogP contribution < -0.4 is 11.0 Å². The maximum atomic E-state index is 13.0. The summed E-state index contributed by atoms with van der Waals surface area (Å²) >= 11 is 0. The molecule has 9 heteroatoms. The van der Waals surface area contributed by atoms with Crippen LogP contribution in [0.4, 0.5) is 11.6 Å². The number of rotatable bonds is 4. The number of hydrogen-bond donors (Lipinski definition) is 1. The summed E-state index contributed by atoms with van der Waals surface area (Å²) in [6.45, 7) is 1.98. The van der Waals surface area contributed by atoms with Gasteiger partial charge in [-0.1, -0.05) is 18.6 Å². The second-order valence-electron chi connectivity index (χ2n) is 8.14. The SMILES string of the molecule is Cn1c(=O)c(-c2ccccc2[N+](=O)[O-])cc2cnc(NN3CC4CCCC4C3)nc21. The lowest BCUT2D eigenvalue weighted by molar-refractivity contribution is -0.384. The Kier molecular flexibility index (Phi) is 4.47. The molecule has 154 valence electrons. The van der Waals surface area contributed by atoms with Gasteiger partial charge in [-0.3, -0.25) is 24.9 Å². The van der Waals surface area contributed by atoms with Crippen molar-refractivity contribution in [2.75, 3.05) is 18.5 Å². The van der Waals surface area contributed by atoms with Crippen LogP contribution in [0.25, 0.3) is 22.2 Å². The number of para-hydroxylation sites is 1. The number of aryl methyl sites for hydroxylation is 1. The molecule has 2 aliphatic rings. The number of nitro groups is 1. The Bertz CT molecular complexity index is 1200. The molecule has 3 aromatic rings. The monoisotopic (exact) mass is 406 g/mol. The van der Waals surface area contributed by atoms with E-state index in [1.54, 1.807) is 37.5 Å². The van der Waals surface area contributed by atoms with E-state index in [2.05, 4.69) is 20.4 Å². The Balaban J connectivity index is 1.51. The van der Waals surface area contributed by atoms with Gasteiger partial charge in [-0.05, 0) is 36.8 Å². The average molecular weight is 406 g/mol. The number of aromatic nitrogens is 3. The Labute approximate surface area is 172 Å². The van der Waals surface area contributed by atoms with Crippen LogP contribution in [-0.2, 0) is 7.05 Å². The highest BCUT2D eigenvalue weighted by atomic mass is 16.6. The summed E-state index contributed by atoms with van der Waals surface area (Å²) < 4.78 is 1.42. The van der Waals surface area contributed by atoms with Crippen molar-refractivity contribution < 1.29 is 4.92 Å². The molecule has 0 amide bonds. The summed E-state index contributed by atoms with van der Waals surface area (Å²) in [6.07, 6.45) is 5.54. The van der Waals surface area contributed by atoms with Gasteiger partial charge in [-0.15, -0.1) is 0 Å². The first-order chi connectivity index (χ1) is 14.5. The van der Waals surface area contributed by atoms with Gasteiger partial charge in [-0.25, -0.2) is 9.99 Å². The number of fused-ring (bicyclic) bond motifs is 2. The quantitative estimate of drug-likeness (QED) is 0.524. The van der Waals surface area contributed by atoms with Crippen molar-refractivity contribution in [2.45, 2.75) is 19.3 Å². The third-order valence-electron chi connectivity index (χ3n) is 6.32. The molecule has 1 saturated heterocycles. The molecule has 5 rings (SSSR count). The molecule has 1 aliphatic heterocycles. The normalized spacial score (nSPS) is 21.1. The Morgan fingerprint density at radius 2 is 1.90 bits per heavy atom. The molecule has 3 heterocycles. The van der Waals surface area contributed by atoms with E-state index < -0.39 is 4.92 Å². The molecule has 0 spiro atoms. The number of hydrazine groups is 1. The van der Waals surface area contributed by atoms with E-state index in [4.69, 9.17) is 0 Å². The van der Waals surface area contributed by atoms with Crippen LogP contribution in [0.2, 0.25) is 0 Å². The minimum atomic E-state index is -0.478. The molecular formula is C21H22N6O3. The fourth-order valence-electron chi connectivity index (χ4n) is 4.82. The number of anilines is 1. The van der Waals surface area contributed by atoms with Gasteiger partial charge in [0.15, 0.2) is 0 Å². The molecule has 1 N–H and O–H groups in total. The summed E-state index contributed by atoms with van der Waals surface area (Å²) in [5.41, 5.74) is 3.88. The third-order valence-corrected chi connectivity index (χ3v) is 6.32. The van der Waals surface area contributed by atoms with Gasteiger partial charge < -0.3 is 0 Å². The second kappa shape index (κ2) is 7.17. The fourth-order valence-corrected chi connectivity index (χ4v) is 4.82. The van der Waals surface area contributed by atoms with Crippen molar-refractivity contribution in [1.82, 2.24) is 19.5 Å². The van der Waals surface area contributed by atoms with E-state index in [0.717, 1.165) is 24.9 Å². The van der Waals surface area contributed by atoms with Crippen molar-refractivity contribution in [1.29, 1.82) is 0 Å². The molecule has 30 heavy (non-hydrogen) atoms. The van der Waals surface area contributed by atoms with Gasteiger partial charge in [0, 0.05) is 37.8 Å². The van der Waals surface area contributed by atoms with Crippen LogP contribution in [0, 0.1) is 22.0 Å². The zero-order valence-corrected chi connectivity index (χ0v) is 16.6. The smallest absolute Gasteiger partial charge is 0.277 e. The predicted octanol–water partition coefficient (Wildman–Crippen LogP) is 2.96. The van der Waals surface area contributed by atoms with Gasteiger partial charge in [0.05, 0.1) is 16.1 Å². The number of nitrogens with zero attached hydrogens (tertiary/aromatic N) is 5. The second-order valence-corrected chi connectivity index (χ2v) is 8.14. The highest BCUT2D eigenvalue weighted by molar-refractivity contribution is 5.83. The number of pyridine rings is 1. The van der Waals surface area contributed by atoms with E-state index in [-0.39, 0.29) is 22.4 Å². The van der Waals surface area contributed by atoms with Crippen LogP contribution in [-0.4, -0.2) is 37.6 Å². The van der Waals surface area contributed by atoms with Crippen molar-refractivity contribution in [3.63, 3.8) is 0 Å². The molecule has 2 fully saturated rings. The summed E-state index contributed by atoms with van der Waals surface area (Å²) in [5.74, 6) is 1.94. The standard InChI is InChI=1S/C21H22N6O3/c1-25-19-15(9-17(20(25)28)16-7-2-3-8-18(16)27(29)30)10-22-21(23-19)24-26-11-13-5-4-6-14(13)12-26/h2-3,7-10,13-14H,4-6,11-12H2,1H3,(H,22,23,24). The molecule has 1 aromatic carbocycles. The fraction of sp³-hybridized carbons (Fsp3) is 0.381. The summed E-state index contributed by atoms with van der Waals surface area (Å²) in [5, 5.41) is 14.2. The van der Waals surface area contributed by atoms with Crippen LogP contribution >= 0.6 is 0 Å². The van der Waals surface area contributed by atoms with E-state index in [1.165, 1.54) is 29.9 Å². The molecule has 9 nitrogen and oxygen atoms in total. The van der Waals surface area contributed by atoms with Crippen LogP contribution in [0.15, 0.2) is 41.3 Å². The van der Waals surface area contributed by atoms with E-state index in [1.807, 2.05) is 0 Å². The first-order valence-electron chi connectivity index (χ1n) is 10.1. The van der Waals surface area contributed by atoms with E-state index >= 15 is 0 Å². The molecular weight excluding hydrogens is 384 g/mol. The molecule has 2 aromatic heterocycles. The molecule has 1 aliphatic carbocycles. The first-order valence-corrected chi connectivity index (χ1v) is 10.1. The van der Waals surface area contributed by atoms with Crippen molar-refractivity contribution >= 4 is 22.7 Å². The van der Waals surface area contributed by atoms with Crippen LogP contribution in [0.1, 0.15) is 19.3 Å². The Morgan fingerprint density at radius 3 is 2.63 bits per heavy atom. The lowest BCUT2D eigenvalue weighted by Crippen LogP contribution is -2.29. The van der Waals surface area contributed by atoms with Gasteiger partial charge in [0.25, 0.3) is 11.2 Å². The Hall–Kier alpha value is -3.33. The van der Waals surface area contributed by atoms with Crippen molar-refractivity contribution in [3.05, 3.63) is 57.0 Å². The minimum Gasteiger partial charge on any atom is -0.295 e. The third kappa shape index (κ3) is 3.11. The highest BCUT2D eigenvalue weighted by Crippen LogP contribution is 2.37. The molecule has 0 bridgehead atoms. The van der Waals surface area contributed by atoms with E-state index in [9.17, 15) is 14.9 Å². The summed E-state index contributed by atoms with van der Waals surface area (Å²) in [6, 6.07) is 7.88. The van der Waals surface area contributed by atoms with Crippen LogP contribution in [0.5, 0.6) is 0 Å². The van der Waals surface area contributed by atoms with Gasteiger partial charge in [-0.2, -0.15) is 4.98 Å². The van der Waals surface area contributed by atoms with Crippen molar-refractivity contribution in [3.8, 4) is 11.1 Å². The maximum absolute atomic E-state index is 13.0. The average Bonchev–Trinajstić information content (AvgIpc) is 3.33. The molecule has 0 radical (unpaired) electrons. The molecule has 1 saturated carbocycles. The lowest BCUT2D eigenvalue weighted by atomic mass is 10.0. The van der Waals surface area contributed by atoms with E-state index in [0.29, 0.717) is 17.0 Å². The van der Waals surface area contributed by atoms with Gasteiger partial charge >= 0.3 is 0 Å². The van der Waals surface area contributed by atoms with Crippen LogP contribution in [0.3, 0.4) is 0 Å². The largest absolute Gasteiger partial charge is 0.295 e. The number of nitro benzene ring substituents is 1. The zero-order chi connectivity index (χ0) is 20.8. The predicted molar refractivity (Wildman–Crippen MR) is 113 cm³/mol. The topological polar surface area (TPSA) is 106 Å². The van der Waals surface area contributed by atoms with Crippen molar-refractivity contribution in [2.24, 2.45) is 18.9 Å². The minimum absolute atomic E-state index is 0.104. The lowest BCUT2D eigenvalue weighted by Gasteiger charge is -2.18. The summed E-state index contributed by atoms with van der Waals surface area (Å²) in [4.78, 5) is 32.9.